The van der Waals surface area contributed by atoms with Crippen LogP contribution in [0.1, 0.15) is 32.8 Å². The largest absolute Gasteiger partial charge is 0.373 e. The average Bonchev–Trinajstić information content (AvgIpc) is 2.56. The first-order valence-corrected chi connectivity index (χ1v) is 5.72. The molecule has 18 heavy (non-hydrogen) atoms. The van der Waals surface area contributed by atoms with Gasteiger partial charge in [0.25, 0.3) is 11.5 Å². The van der Waals surface area contributed by atoms with Gasteiger partial charge in [-0.15, -0.1) is 0 Å². The second-order valence-corrected chi connectivity index (χ2v) is 4.56. The van der Waals surface area contributed by atoms with E-state index in [4.69, 9.17) is 4.52 Å². The number of carbonyl (C=O) groups is 1. The summed E-state index contributed by atoms with van der Waals surface area (Å²) in [6.45, 7) is 7.32. The number of nitrogens with zero attached hydrogens (tertiary/aromatic N) is 1. The van der Waals surface area contributed by atoms with Gasteiger partial charge in [-0.3, -0.25) is 9.59 Å². The maximum absolute atomic E-state index is 12.3. The summed E-state index contributed by atoms with van der Waals surface area (Å²) < 4.78 is 5.93. The van der Waals surface area contributed by atoms with Crippen LogP contribution in [0, 0.1) is 27.7 Å². The van der Waals surface area contributed by atoms with Gasteiger partial charge in [-0.05, 0) is 38.8 Å². The Morgan fingerprint density at radius 2 is 1.61 bits per heavy atom. The molecule has 0 atom stereocenters. The Balaban J connectivity index is 2.60. The van der Waals surface area contributed by atoms with Crippen LogP contribution in [-0.4, -0.2) is 10.6 Å². The number of hydrogen-bond acceptors (Lipinski definition) is 3. The third-order valence-corrected chi connectivity index (χ3v) is 2.84. The van der Waals surface area contributed by atoms with Crippen molar-refractivity contribution in [2.24, 2.45) is 0 Å². The number of benzene rings is 1. The van der Waals surface area contributed by atoms with Crippen LogP contribution >= 0.6 is 0 Å². The van der Waals surface area contributed by atoms with E-state index in [-0.39, 0.29) is 0 Å². The molecule has 0 N–H and O–H groups in total. The lowest BCUT2D eigenvalue weighted by molar-refractivity contribution is 0.0832. The molecule has 0 aliphatic heterocycles. The molecule has 0 spiro atoms. The fourth-order valence-electron chi connectivity index (χ4n) is 2.21. The Morgan fingerprint density at radius 3 is 2.06 bits per heavy atom. The molecule has 0 aliphatic carbocycles. The number of rotatable bonds is 1. The maximum atomic E-state index is 12.3. The van der Waals surface area contributed by atoms with Crippen molar-refractivity contribution in [1.82, 2.24) is 4.74 Å². The molecule has 1 aromatic carbocycles. The van der Waals surface area contributed by atoms with Gasteiger partial charge in [0.2, 0.25) is 0 Å². The molecule has 0 aliphatic rings. The lowest BCUT2D eigenvalue weighted by Gasteiger charge is -2.09. The van der Waals surface area contributed by atoms with Crippen molar-refractivity contribution in [2.75, 3.05) is 0 Å². The minimum atomic E-state index is -0.433. The smallest absolute Gasteiger partial charge is 0.295 e. The zero-order valence-corrected chi connectivity index (χ0v) is 10.9. The maximum Gasteiger partial charge on any atom is 0.295 e. The van der Waals surface area contributed by atoms with Gasteiger partial charge in [-0.2, -0.15) is 0 Å². The topological polar surface area (TPSA) is 52.2 Å². The summed E-state index contributed by atoms with van der Waals surface area (Å²) in [5, 5.41) is 0. The molecule has 2 aromatic rings. The van der Waals surface area contributed by atoms with E-state index in [1.165, 1.54) is 6.07 Å². The normalized spacial score (nSPS) is 10.7. The third-order valence-electron chi connectivity index (χ3n) is 2.84. The van der Waals surface area contributed by atoms with Gasteiger partial charge in [0.1, 0.15) is 5.76 Å². The predicted octanol–water partition coefficient (Wildman–Crippen LogP) is 2.36. The van der Waals surface area contributed by atoms with E-state index in [1.807, 2.05) is 32.9 Å². The van der Waals surface area contributed by atoms with E-state index >= 15 is 0 Å². The molecular weight excluding hydrogens is 230 g/mol. The molecule has 0 radical (unpaired) electrons. The highest BCUT2D eigenvalue weighted by atomic mass is 16.5. The van der Waals surface area contributed by atoms with Gasteiger partial charge in [0, 0.05) is 11.6 Å². The number of aromatic nitrogens is 1. The highest BCUT2D eigenvalue weighted by molar-refractivity contribution is 5.97. The summed E-state index contributed by atoms with van der Waals surface area (Å²) >= 11 is 0. The Hall–Kier alpha value is -2.10. The summed E-state index contributed by atoms with van der Waals surface area (Å²) in [6, 6.07) is 5.14. The number of aryl methyl sites for hydroxylation is 4. The van der Waals surface area contributed by atoms with Gasteiger partial charge < -0.3 is 4.52 Å². The van der Waals surface area contributed by atoms with Crippen molar-refractivity contribution in [3.05, 3.63) is 56.6 Å². The molecule has 0 unspecified atom stereocenters. The molecule has 94 valence electrons. The quantitative estimate of drug-likeness (QED) is 0.775. The first-order valence-electron chi connectivity index (χ1n) is 5.72. The van der Waals surface area contributed by atoms with Crippen LogP contribution in [0.3, 0.4) is 0 Å². The summed E-state index contributed by atoms with van der Waals surface area (Å²) in [7, 11) is 0. The fourth-order valence-corrected chi connectivity index (χ4v) is 2.21. The Bertz CT molecular complexity index is 654. The molecule has 4 heteroatoms. The van der Waals surface area contributed by atoms with Crippen molar-refractivity contribution < 1.29 is 9.32 Å². The van der Waals surface area contributed by atoms with Crippen molar-refractivity contribution >= 4 is 5.91 Å². The van der Waals surface area contributed by atoms with Crippen molar-refractivity contribution in [3.8, 4) is 0 Å². The van der Waals surface area contributed by atoms with Crippen LogP contribution in [0.4, 0.5) is 0 Å². The van der Waals surface area contributed by atoms with Crippen molar-refractivity contribution in [1.29, 1.82) is 0 Å². The summed E-state index contributed by atoms with van der Waals surface area (Å²) in [5.41, 5.74) is 2.87. The molecule has 0 amide bonds. The highest BCUT2D eigenvalue weighted by Gasteiger charge is 2.18. The Labute approximate surface area is 105 Å². The third kappa shape index (κ3) is 2.01. The van der Waals surface area contributed by atoms with E-state index in [0.717, 1.165) is 21.4 Å². The minimum absolute atomic E-state index is 0.414. The molecule has 0 fully saturated rings. The molecule has 1 aromatic heterocycles. The van der Waals surface area contributed by atoms with E-state index in [1.54, 1.807) is 6.92 Å². The summed E-state index contributed by atoms with van der Waals surface area (Å²) in [5.74, 6) is 0.0128. The Morgan fingerprint density at radius 1 is 1.06 bits per heavy atom. The lowest BCUT2D eigenvalue weighted by atomic mass is 9.99. The molecule has 0 bridgehead atoms. The van der Waals surface area contributed by atoms with Gasteiger partial charge in [-0.25, -0.2) is 0 Å². The molecular formula is C14H15NO3. The van der Waals surface area contributed by atoms with E-state index in [0.29, 0.717) is 11.3 Å². The monoisotopic (exact) mass is 245 g/mol. The second kappa shape index (κ2) is 4.29. The van der Waals surface area contributed by atoms with Crippen LogP contribution in [-0.2, 0) is 0 Å². The van der Waals surface area contributed by atoms with Crippen LogP contribution in [0.5, 0.6) is 0 Å². The number of carbonyl (C=O) groups excluding carboxylic acids is 1. The van der Waals surface area contributed by atoms with E-state index < -0.39 is 11.5 Å². The SMILES string of the molecule is Cc1cc(C)c(C(=O)n2oc(C)cc2=O)c(C)c1. The Kier molecular flexibility index (Phi) is 2.95. The van der Waals surface area contributed by atoms with Crippen LogP contribution in [0.2, 0.25) is 0 Å². The fraction of sp³-hybridized carbons (Fsp3) is 0.286. The molecule has 1 heterocycles. The highest BCUT2D eigenvalue weighted by Crippen LogP contribution is 2.17. The molecule has 2 rings (SSSR count). The number of hydrogen-bond donors (Lipinski definition) is 0. The molecule has 0 saturated carbocycles. The lowest BCUT2D eigenvalue weighted by Crippen LogP contribution is -2.24. The first-order chi connectivity index (χ1) is 8.40. The van der Waals surface area contributed by atoms with Crippen molar-refractivity contribution in [3.63, 3.8) is 0 Å². The van der Waals surface area contributed by atoms with Gasteiger partial charge >= 0.3 is 0 Å². The molecule has 4 nitrogen and oxygen atoms in total. The van der Waals surface area contributed by atoms with Gasteiger partial charge in [-0.1, -0.05) is 22.4 Å². The van der Waals surface area contributed by atoms with Crippen LogP contribution in [0.25, 0.3) is 0 Å². The van der Waals surface area contributed by atoms with Crippen molar-refractivity contribution in [2.45, 2.75) is 27.7 Å². The van der Waals surface area contributed by atoms with Crippen LogP contribution in [0.15, 0.2) is 27.5 Å². The summed E-state index contributed by atoms with van der Waals surface area (Å²) in [6.07, 6.45) is 0. The minimum Gasteiger partial charge on any atom is -0.373 e. The van der Waals surface area contributed by atoms with E-state index in [9.17, 15) is 9.59 Å². The molecule has 0 saturated heterocycles. The predicted molar refractivity (Wildman–Crippen MR) is 68.1 cm³/mol. The van der Waals surface area contributed by atoms with E-state index in [2.05, 4.69) is 0 Å². The zero-order valence-electron chi connectivity index (χ0n) is 10.9. The van der Waals surface area contributed by atoms with Gasteiger partial charge in [0.15, 0.2) is 0 Å². The zero-order chi connectivity index (χ0) is 13.4. The van der Waals surface area contributed by atoms with Crippen LogP contribution < -0.4 is 5.56 Å². The standard InChI is InChI=1S/C14H15NO3/c1-8-5-9(2)13(10(3)6-8)14(17)15-12(16)7-11(4)18-15/h5-7H,1-4H3. The van der Waals surface area contributed by atoms with Gasteiger partial charge in [0.05, 0.1) is 0 Å². The first kappa shape index (κ1) is 12.4. The second-order valence-electron chi connectivity index (χ2n) is 4.56. The average molecular weight is 245 g/mol. The summed E-state index contributed by atoms with van der Waals surface area (Å²) in [4.78, 5) is 23.9.